The Morgan fingerprint density at radius 1 is 1.36 bits per heavy atom. The first kappa shape index (κ1) is 16.2. The van der Waals surface area contributed by atoms with E-state index in [9.17, 15) is 4.79 Å². The van der Waals surface area contributed by atoms with Crippen LogP contribution in [0.15, 0.2) is 12.7 Å². The Kier molecular flexibility index (Phi) is 5.30. The van der Waals surface area contributed by atoms with Gasteiger partial charge in [-0.2, -0.15) is 10.2 Å². The maximum atomic E-state index is 12.0. The van der Waals surface area contributed by atoms with Gasteiger partial charge in [-0.25, -0.2) is 4.98 Å². The van der Waals surface area contributed by atoms with Crippen molar-refractivity contribution in [2.45, 2.75) is 47.2 Å². The summed E-state index contributed by atoms with van der Waals surface area (Å²) in [6, 6.07) is 0. The molecule has 2 rings (SSSR count). The lowest BCUT2D eigenvalue weighted by molar-refractivity contribution is -0.124. The maximum absolute atomic E-state index is 12.0. The molecule has 7 heteroatoms. The quantitative estimate of drug-likeness (QED) is 0.781. The zero-order valence-corrected chi connectivity index (χ0v) is 13.7. The fourth-order valence-corrected chi connectivity index (χ4v) is 2.31. The van der Waals surface area contributed by atoms with Crippen LogP contribution in [0.5, 0.6) is 0 Å². The molecule has 0 radical (unpaired) electrons. The van der Waals surface area contributed by atoms with Gasteiger partial charge in [0.05, 0.1) is 18.2 Å². The van der Waals surface area contributed by atoms with Gasteiger partial charge in [-0.15, -0.1) is 0 Å². The Morgan fingerprint density at radius 3 is 2.73 bits per heavy atom. The van der Waals surface area contributed by atoms with Crippen LogP contribution in [0.1, 0.15) is 30.3 Å². The lowest BCUT2D eigenvalue weighted by Gasteiger charge is -2.12. The van der Waals surface area contributed by atoms with Crippen LogP contribution in [0.4, 0.5) is 0 Å². The highest BCUT2D eigenvalue weighted by molar-refractivity contribution is 5.78. The summed E-state index contributed by atoms with van der Waals surface area (Å²) in [6.07, 6.45) is 3.96. The van der Waals surface area contributed by atoms with Gasteiger partial charge in [-0.05, 0) is 32.8 Å². The van der Waals surface area contributed by atoms with Crippen LogP contribution in [-0.2, 0) is 17.9 Å². The number of hydrogen-bond acceptors (Lipinski definition) is 4. The summed E-state index contributed by atoms with van der Waals surface area (Å²) in [4.78, 5) is 15.9. The van der Waals surface area contributed by atoms with Gasteiger partial charge in [-0.3, -0.25) is 14.2 Å². The van der Waals surface area contributed by atoms with Crippen LogP contribution in [0.2, 0.25) is 0 Å². The van der Waals surface area contributed by atoms with E-state index in [-0.39, 0.29) is 11.8 Å². The lowest BCUT2D eigenvalue weighted by atomic mass is 10.1. The zero-order chi connectivity index (χ0) is 16.1. The van der Waals surface area contributed by atoms with E-state index in [0.717, 1.165) is 18.7 Å². The van der Waals surface area contributed by atoms with E-state index in [4.69, 9.17) is 0 Å². The molecule has 22 heavy (non-hydrogen) atoms. The van der Waals surface area contributed by atoms with Gasteiger partial charge in [0.15, 0.2) is 0 Å². The van der Waals surface area contributed by atoms with Crippen molar-refractivity contribution in [3.63, 3.8) is 0 Å². The Bertz CT molecular complexity index is 616. The second kappa shape index (κ2) is 7.20. The van der Waals surface area contributed by atoms with Gasteiger partial charge in [0, 0.05) is 18.8 Å². The number of hydrogen-bond donors (Lipinski definition) is 1. The highest BCUT2D eigenvalue weighted by Crippen LogP contribution is 2.11. The van der Waals surface area contributed by atoms with E-state index >= 15 is 0 Å². The average molecular weight is 304 g/mol. The molecule has 120 valence electrons. The smallest absolute Gasteiger partial charge is 0.224 e. The monoisotopic (exact) mass is 304 g/mol. The predicted octanol–water partition coefficient (Wildman–Crippen LogP) is 1.24. The summed E-state index contributed by atoms with van der Waals surface area (Å²) < 4.78 is 3.68. The standard InChI is InChI=1S/C15H24N6O/c1-11(8-20-10-16-9-18-20)15(22)17-6-5-7-21-14(4)12(2)13(3)19-21/h9-11H,5-8H2,1-4H3,(H,17,22). The van der Waals surface area contributed by atoms with E-state index < -0.39 is 0 Å². The molecule has 2 aromatic rings. The molecule has 1 unspecified atom stereocenters. The summed E-state index contributed by atoms with van der Waals surface area (Å²) in [6.45, 7) is 10.1. The second-order valence-electron chi connectivity index (χ2n) is 5.68. The largest absolute Gasteiger partial charge is 0.356 e. The molecule has 0 fully saturated rings. The number of carbonyl (C=O) groups excluding carboxylic acids is 1. The first-order valence-corrected chi connectivity index (χ1v) is 7.59. The Balaban J connectivity index is 1.71. The second-order valence-corrected chi connectivity index (χ2v) is 5.68. The van der Waals surface area contributed by atoms with Crippen LogP contribution in [0.3, 0.4) is 0 Å². The summed E-state index contributed by atoms with van der Waals surface area (Å²) >= 11 is 0. The van der Waals surface area contributed by atoms with Crippen molar-refractivity contribution in [1.29, 1.82) is 0 Å². The fourth-order valence-electron chi connectivity index (χ4n) is 2.31. The molecule has 1 atom stereocenters. The minimum Gasteiger partial charge on any atom is -0.356 e. The molecule has 0 saturated heterocycles. The van der Waals surface area contributed by atoms with Gasteiger partial charge >= 0.3 is 0 Å². The van der Waals surface area contributed by atoms with E-state index in [1.54, 1.807) is 11.0 Å². The van der Waals surface area contributed by atoms with Gasteiger partial charge in [0.25, 0.3) is 0 Å². The number of aromatic nitrogens is 5. The molecular formula is C15H24N6O. The van der Waals surface area contributed by atoms with Crippen molar-refractivity contribution in [3.8, 4) is 0 Å². The minimum atomic E-state index is -0.127. The van der Waals surface area contributed by atoms with E-state index in [1.807, 2.05) is 18.5 Å². The number of nitrogens with one attached hydrogen (secondary N) is 1. The molecule has 0 aliphatic heterocycles. The summed E-state index contributed by atoms with van der Waals surface area (Å²) in [5.74, 6) is -0.0855. The number of aryl methyl sites for hydroxylation is 2. The molecule has 0 saturated carbocycles. The van der Waals surface area contributed by atoms with E-state index in [1.165, 1.54) is 17.6 Å². The van der Waals surface area contributed by atoms with Crippen molar-refractivity contribution < 1.29 is 4.79 Å². The first-order valence-electron chi connectivity index (χ1n) is 7.59. The maximum Gasteiger partial charge on any atom is 0.224 e. The van der Waals surface area contributed by atoms with Crippen molar-refractivity contribution >= 4 is 5.91 Å². The van der Waals surface area contributed by atoms with Gasteiger partial charge in [0.2, 0.25) is 5.91 Å². The Labute approximate surface area is 130 Å². The molecule has 2 aromatic heterocycles. The third-order valence-corrected chi connectivity index (χ3v) is 3.96. The minimum absolute atomic E-state index is 0.0417. The molecule has 1 N–H and O–H groups in total. The molecule has 0 bridgehead atoms. The van der Waals surface area contributed by atoms with Crippen molar-refractivity contribution in [3.05, 3.63) is 29.6 Å². The van der Waals surface area contributed by atoms with Crippen LogP contribution in [0, 0.1) is 26.7 Å². The van der Waals surface area contributed by atoms with Crippen LogP contribution < -0.4 is 5.32 Å². The molecule has 7 nitrogen and oxygen atoms in total. The average Bonchev–Trinajstić information content (AvgIpc) is 3.08. The zero-order valence-electron chi connectivity index (χ0n) is 13.7. The lowest BCUT2D eigenvalue weighted by Crippen LogP contribution is -2.32. The van der Waals surface area contributed by atoms with Crippen molar-refractivity contribution in [2.75, 3.05) is 6.54 Å². The first-order chi connectivity index (χ1) is 10.5. The van der Waals surface area contributed by atoms with Crippen LogP contribution >= 0.6 is 0 Å². The summed E-state index contributed by atoms with van der Waals surface area (Å²) in [7, 11) is 0. The third kappa shape index (κ3) is 3.93. The van der Waals surface area contributed by atoms with Crippen LogP contribution in [-0.4, -0.2) is 37.0 Å². The molecular weight excluding hydrogens is 280 g/mol. The van der Waals surface area contributed by atoms with E-state index in [0.29, 0.717) is 13.1 Å². The molecule has 0 aliphatic carbocycles. The number of amides is 1. The Morgan fingerprint density at radius 2 is 2.14 bits per heavy atom. The highest BCUT2D eigenvalue weighted by atomic mass is 16.1. The predicted molar refractivity (Wildman–Crippen MR) is 83.3 cm³/mol. The SMILES string of the molecule is Cc1nn(CCCNC(=O)C(C)Cn2cncn2)c(C)c1C. The van der Waals surface area contributed by atoms with E-state index in [2.05, 4.69) is 34.3 Å². The molecule has 1 amide bonds. The van der Waals surface area contributed by atoms with Crippen molar-refractivity contribution in [2.24, 2.45) is 5.92 Å². The van der Waals surface area contributed by atoms with Gasteiger partial charge in [-0.1, -0.05) is 6.92 Å². The summed E-state index contributed by atoms with van der Waals surface area (Å²) in [5.41, 5.74) is 3.51. The number of nitrogens with zero attached hydrogens (tertiary/aromatic N) is 5. The summed E-state index contributed by atoms with van der Waals surface area (Å²) in [5, 5.41) is 11.5. The normalized spacial score (nSPS) is 12.4. The third-order valence-electron chi connectivity index (χ3n) is 3.96. The Hall–Kier alpha value is -2.18. The number of rotatable bonds is 7. The molecule has 0 aliphatic rings. The highest BCUT2D eigenvalue weighted by Gasteiger charge is 2.13. The topological polar surface area (TPSA) is 77.6 Å². The van der Waals surface area contributed by atoms with Crippen molar-refractivity contribution in [1.82, 2.24) is 29.9 Å². The van der Waals surface area contributed by atoms with Gasteiger partial charge < -0.3 is 5.32 Å². The van der Waals surface area contributed by atoms with Gasteiger partial charge in [0.1, 0.15) is 12.7 Å². The number of carbonyl (C=O) groups is 1. The molecule has 0 aromatic carbocycles. The fraction of sp³-hybridized carbons (Fsp3) is 0.600. The molecule has 0 spiro atoms. The molecule has 2 heterocycles. The van der Waals surface area contributed by atoms with Crippen LogP contribution in [0.25, 0.3) is 0 Å².